The molecule has 0 atom stereocenters. The average Bonchev–Trinajstić information content (AvgIpc) is 2.74. The molecule has 0 radical (unpaired) electrons. The molecule has 2 rings (SSSR count). The number of thiocarbonyl (C=S) groups is 1. The minimum Gasteiger partial charge on any atom is -0.362 e. The predicted octanol–water partition coefficient (Wildman–Crippen LogP) is 3.84. The molecule has 0 unspecified atom stereocenters. The Hall–Kier alpha value is -1.59. The molecule has 22 heavy (non-hydrogen) atoms. The Bertz CT molecular complexity index is 646. The summed E-state index contributed by atoms with van der Waals surface area (Å²) in [5, 5.41) is 12.0. The molecule has 1 aromatic carbocycles. The van der Waals surface area contributed by atoms with Crippen LogP contribution in [0.1, 0.15) is 23.2 Å². The Labute approximate surface area is 141 Å². The number of hydrogen-bond donors (Lipinski definition) is 2. The summed E-state index contributed by atoms with van der Waals surface area (Å²) in [6, 6.07) is 6.30. The number of halogens is 1. The third kappa shape index (κ3) is 4.71. The van der Waals surface area contributed by atoms with Crippen LogP contribution in [-0.2, 0) is 6.54 Å². The van der Waals surface area contributed by atoms with E-state index in [1.165, 1.54) is 11.1 Å². The van der Waals surface area contributed by atoms with Crippen LogP contribution in [0.15, 0.2) is 24.4 Å². The highest BCUT2D eigenvalue weighted by molar-refractivity contribution is 7.80. The van der Waals surface area contributed by atoms with Crippen molar-refractivity contribution in [2.75, 3.05) is 11.9 Å². The maximum atomic E-state index is 5.98. The summed E-state index contributed by atoms with van der Waals surface area (Å²) in [6.07, 6.45) is 2.60. The summed E-state index contributed by atoms with van der Waals surface area (Å²) in [6.45, 7) is 7.72. The molecule has 0 aliphatic carbocycles. The fourth-order valence-corrected chi connectivity index (χ4v) is 2.66. The van der Waals surface area contributed by atoms with Crippen molar-refractivity contribution >= 4 is 34.6 Å². The van der Waals surface area contributed by atoms with Crippen molar-refractivity contribution in [2.24, 2.45) is 0 Å². The molecule has 1 heterocycles. The lowest BCUT2D eigenvalue weighted by Crippen LogP contribution is -2.29. The molecule has 0 saturated carbocycles. The van der Waals surface area contributed by atoms with Crippen LogP contribution < -0.4 is 10.6 Å². The van der Waals surface area contributed by atoms with Crippen LogP contribution in [0.3, 0.4) is 0 Å². The summed E-state index contributed by atoms with van der Waals surface area (Å²) in [5.41, 5.74) is 4.45. The first-order valence-corrected chi connectivity index (χ1v) is 8.05. The molecule has 0 aliphatic heterocycles. The first-order valence-electron chi connectivity index (χ1n) is 7.27. The van der Waals surface area contributed by atoms with Gasteiger partial charge in [-0.15, -0.1) is 0 Å². The maximum absolute atomic E-state index is 5.98. The molecule has 0 saturated heterocycles. The molecule has 2 N–H and O–H groups in total. The van der Waals surface area contributed by atoms with Crippen LogP contribution in [0.4, 0.5) is 5.69 Å². The molecule has 0 bridgehead atoms. The fraction of sp³-hybridized carbons (Fsp3) is 0.375. The second kappa shape index (κ2) is 7.61. The van der Waals surface area contributed by atoms with Gasteiger partial charge in [-0.25, -0.2) is 0 Å². The number of nitrogens with one attached hydrogen (secondary N) is 2. The molecule has 0 aliphatic rings. The third-order valence-electron chi connectivity index (χ3n) is 3.36. The maximum Gasteiger partial charge on any atom is 0.170 e. The summed E-state index contributed by atoms with van der Waals surface area (Å²) in [7, 11) is 0. The van der Waals surface area contributed by atoms with E-state index in [0.29, 0.717) is 10.1 Å². The number of benzene rings is 1. The Balaban J connectivity index is 1.75. The number of nitrogens with zero attached hydrogens (tertiary/aromatic N) is 2. The van der Waals surface area contributed by atoms with Crippen molar-refractivity contribution in [2.45, 2.75) is 33.7 Å². The highest BCUT2D eigenvalue weighted by Gasteiger charge is 2.03. The highest BCUT2D eigenvalue weighted by atomic mass is 35.5. The van der Waals surface area contributed by atoms with Gasteiger partial charge in [0.1, 0.15) is 0 Å². The van der Waals surface area contributed by atoms with E-state index < -0.39 is 0 Å². The van der Waals surface area contributed by atoms with E-state index in [2.05, 4.69) is 47.8 Å². The predicted molar refractivity (Wildman–Crippen MR) is 96.7 cm³/mol. The van der Waals surface area contributed by atoms with Gasteiger partial charge in [0, 0.05) is 18.8 Å². The minimum absolute atomic E-state index is 0.639. The highest BCUT2D eigenvalue weighted by Crippen LogP contribution is 2.14. The average molecular weight is 337 g/mol. The van der Waals surface area contributed by atoms with Crippen molar-refractivity contribution in [3.8, 4) is 0 Å². The zero-order valence-electron chi connectivity index (χ0n) is 13.1. The lowest BCUT2D eigenvalue weighted by molar-refractivity contribution is 0.561. The molecular weight excluding hydrogens is 316 g/mol. The molecule has 4 nitrogen and oxygen atoms in total. The smallest absolute Gasteiger partial charge is 0.170 e. The van der Waals surface area contributed by atoms with Crippen molar-refractivity contribution in [3.05, 3.63) is 46.2 Å². The number of anilines is 1. The normalized spacial score (nSPS) is 10.5. The molecule has 2 aromatic rings. The van der Waals surface area contributed by atoms with E-state index in [-0.39, 0.29) is 0 Å². The first kappa shape index (κ1) is 16.8. The van der Waals surface area contributed by atoms with Crippen LogP contribution >= 0.6 is 23.8 Å². The molecular formula is C16H21ClN4S. The third-order valence-corrected chi connectivity index (χ3v) is 3.97. The quantitative estimate of drug-likeness (QED) is 0.643. The van der Waals surface area contributed by atoms with E-state index in [9.17, 15) is 0 Å². The lowest BCUT2D eigenvalue weighted by atomic mass is 10.1. The van der Waals surface area contributed by atoms with Gasteiger partial charge in [-0.05, 0) is 62.7 Å². The molecule has 6 heteroatoms. The van der Waals surface area contributed by atoms with Crippen molar-refractivity contribution < 1.29 is 0 Å². The molecule has 0 fully saturated rings. The van der Waals surface area contributed by atoms with E-state index in [1.807, 2.05) is 11.6 Å². The molecule has 0 amide bonds. The van der Waals surface area contributed by atoms with Gasteiger partial charge in [-0.1, -0.05) is 17.7 Å². The Morgan fingerprint density at radius 1 is 1.23 bits per heavy atom. The van der Waals surface area contributed by atoms with Gasteiger partial charge in [0.2, 0.25) is 0 Å². The van der Waals surface area contributed by atoms with Crippen LogP contribution in [-0.4, -0.2) is 21.4 Å². The van der Waals surface area contributed by atoms with E-state index >= 15 is 0 Å². The van der Waals surface area contributed by atoms with Crippen LogP contribution in [0.25, 0.3) is 0 Å². The Morgan fingerprint density at radius 3 is 2.50 bits per heavy atom. The summed E-state index contributed by atoms with van der Waals surface area (Å²) >= 11 is 11.3. The second-order valence-corrected chi connectivity index (χ2v) is 6.23. The Kier molecular flexibility index (Phi) is 5.80. The van der Waals surface area contributed by atoms with E-state index in [0.717, 1.165) is 30.9 Å². The topological polar surface area (TPSA) is 41.9 Å². The number of aromatic nitrogens is 2. The lowest BCUT2D eigenvalue weighted by Gasteiger charge is -2.12. The summed E-state index contributed by atoms with van der Waals surface area (Å²) < 4.78 is 1.91. The minimum atomic E-state index is 0.639. The van der Waals surface area contributed by atoms with Gasteiger partial charge >= 0.3 is 0 Å². The van der Waals surface area contributed by atoms with Crippen LogP contribution in [0.5, 0.6) is 0 Å². The summed E-state index contributed by atoms with van der Waals surface area (Å²) in [4.78, 5) is 0. The van der Waals surface area contributed by atoms with Crippen LogP contribution in [0.2, 0.25) is 5.02 Å². The number of rotatable bonds is 5. The fourth-order valence-electron chi connectivity index (χ4n) is 2.30. The van der Waals surface area contributed by atoms with Gasteiger partial charge < -0.3 is 10.6 Å². The summed E-state index contributed by atoms with van der Waals surface area (Å²) in [5.74, 6) is 0. The molecule has 118 valence electrons. The zero-order valence-corrected chi connectivity index (χ0v) is 14.7. The largest absolute Gasteiger partial charge is 0.362 e. The van der Waals surface area contributed by atoms with Gasteiger partial charge in [-0.3, -0.25) is 4.68 Å². The van der Waals surface area contributed by atoms with E-state index in [1.54, 1.807) is 6.20 Å². The number of hydrogen-bond acceptors (Lipinski definition) is 2. The molecule has 1 aromatic heterocycles. The Morgan fingerprint density at radius 2 is 1.91 bits per heavy atom. The first-order chi connectivity index (χ1) is 10.5. The van der Waals surface area contributed by atoms with Gasteiger partial charge in [0.25, 0.3) is 0 Å². The van der Waals surface area contributed by atoms with Crippen molar-refractivity contribution in [3.63, 3.8) is 0 Å². The van der Waals surface area contributed by atoms with Crippen molar-refractivity contribution in [1.29, 1.82) is 0 Å². The van der Waals surface area contributed by atoms with Crippen molar-refractivity contribution in [1.82, 2.24) is 15.1 Å². The van der Waals surface area contributed by atoms with Gasteiger partial charge in [0.05, 0.1) is 16.9 Å². The van der Waals surface area contributed by atoms with Crippen LogP contribution in [0, 0.1) is 20.8 Å². The monoisotopic (exact) mass is 336 g/mol. The molecule has 0 spiro atoms. The number of aryl methyl sites for hydroxylation is 3. The standard InChI is InChI=1S/C16H21ClN4S/c1-11-7-12(2)9-14(8-11)20-16(22)18-5-4-6-21-13(3)15(17)10-19-21/h7-10H,4-6H2,1-3H3,(H2,18,20,22). The zero-order chi connectivity index (χ0) is 16.1. The van der Waals surface area contributed by atoms with E-state index in [4.69, 9.17) is 23.8 Å². The van der Waals surface area contributed by atoms with Gasteiger partial charge in [-0.2, -0.15) is 5.10 Å². The second-order valence-electron chi connectivity index (χ2n) is 5.41. The SMILES string of the molecule is Cc1cc(C)cc(NC(=S)NCCCn2ncc(Cl)c2C)c1. The van der Waals surface area contributed by atoms with Gasteiger partial charge in [0.15, 0.2) is 5.11 Å².